The molecule has 0 aliphatic heterocycles. The molecule has 2 fully saturated rings. The monoisotopic (exact) mass is 259 g/mol. The highest BCUT2D eigenvalue weighted by atomic mass is 79.9. The van der Waals surface area contributed by atoms with Crippen molar-refractivity contribution < 1.29 is 4.79 Å². The molecule has 0 saturated heterocycles. The second-order valence-corrected chi connectivity index (χ2v) is 6.15. The van der Waals surface area contributed by atoms with E-state index in [0.29, 0.717) is 10.7 Å². The molecule has 0 spiro atoms. The largest absolute Gasteiger partial charge is 0.345 e. The fourth-order valence-corrected chi connectivity index (χ4v) is 3.07. The van der Waals surface area contributed by atoms with Gasteiger partial charge in [-0.25, -0.2) is 0 Å². The van der Waals surface area contributed by atoms with Crippen LogP contribution in [-0.2, 0) is 4.79 Å². The normalized spacial score (nSPS) is 31.0. The van der Waals surface area contributed by atoms with Gasteiger partial charge in [-0.3, -0.25) is 4.79 Å². The number of rotatable bonds is 4. The summed E-state index contributed by atoms with van der Waals surface area (Å²) in [5.74, 6) is 1.81. The van der Waals surface area contributed by atoms with Gasteiger partial charge in [0.1, 0.15) is 0 Å². The van der Waals surface area contributed by atoms with Crippen LogP contribution >= 0.6 is 15.9 Å². The Bertz CT molecular complexity index is 221. The van der Waals surface area contributed by atoms with Crippen molar-refractivity contribution in [2.24, 2.45) is 11.8 Å². The van der Waals surface area contributed by atoms with Gasteiger partial charge >= 0.3 is 0 Å². The summed E-state index contributed by atoms with van der Waals surface area (Å²) in [5.41, 5.74) is 0. The third-order valence-electron chi connectivity index (χ3n) is 3.30. The molecule has 0 N–H and O–H groups in total. The molecule has 2 saturated carbocycles. The van der Waals surface area contributed by atoms with Crippen LogP contribution in [0.4, 0.5) is 0 Å². The van der Waals surface area contributed by atoms with Gasteiger partial charge in [0.15, 0.2) is 0 Å². The molecule has 2 nitrogen and oxygen atoms in total. The number of nitrogens with zero attached hydrogens (tertiary/aromatic N) is 1. The Balaban J connectivity index is 1.66. The summed E-state index contributed by atoms with van der Waals surface area (Å²) in [5, 5.41) is 0. The number of alkyl halides is 1. The Hall–Kier alpha value is -0.0500. The van der Waals surface area contributed by atoms with E-state index >= 15 is 0 Å². The van der Waals surface area contributed by atoms with E-state index in [-0.39, 0.29) is 0 Å². The second-order valence-electron chi connectivity index (χ2n) is 4.86. The van der Waals surface area contributed by atoms with Gasteiger partial charge in [0, 0.05) is 24.8 Å². The lowest BCUT2D eigenvalue weighted by atomic mass is 9.85. The molecule has 2 aliphatic carbocycles. The minimum Gasteiger partial charge on any atom is -0.345 e. The molecule has 14 heavy (non-hydrogen) atoms. The zero-order valence-corrected chi connectivity index (χ0v) is 10.3. The number of carbonyl (C=O) groups excluding carboxylic acids is 1. The predicted molar refractivity (Wildman–Crippen MR) is 60.4 cm³/mol. The van der Waals surface area contributed by atoms with Gasteiger partial charge in [0.25, 0.3) is 0 Å². The van der Waals surface area contributed by atoms with Gasteiger partial charge in [-0.2, -0.15) is 0 Å². The summed E-state index contributed by atoms with van der Waals surface area (Å²) < 4.78 is 0. The molecule has 2 rings (SSSR count). The van der Waals surface area contributed by atoms with Crippen molar-refractivity contribution in [3.05, 3.63) is 0 Å². The topological polar surface area (TPSA) is 20.3 Å². The average molecular weight is 260 g/mol. The Morgan fingerprint density at radius 1 is 1.36 bits per heavy atom. The molecule has 80 valence electrons. The van der Waals surface area contributed by atoms with E-state index in [1.165, 1.54) is 25.7 Å². The summed E-state index contributed by atoms with van der Waals surface area (Å²) in [6.07, 6.45) is 5.81. The molecule has 0 unspecified atom stereocenters. The molecule has 0 aromatic carbocycles. The van der Waals surface area contributed by atoms with Crippen LogP contribution in [0.25, 0.3) is 0 Å². The van der Waals surface area contributed by atoms with Crippen LogP contribution < -0.4 is 0 Å². The Morgan fingerprint density at radius 3 is 2.50 bits per heavy atom. The first-order chi connectivity index (χ1) is 6.65. The zero-order valence-electron chi connectivity index (χ0n) is 8.71. The first kappa shape index (κ1) is 10.5. The van der Waals surface area contributed by atoms with Crippen LogP contribution in [0.3, 0.4) is 0 Å². The van der Waals surface area contributed by atoms with Gasteiger partial charge in [0.05, 0.1) is 0 Å². The van der Waals surface area contributed by atoms with Crippen LogP contribution in [0.15, 0.2) is 0 Å². The molecule has 0 aromatic rings. The molecule has 0 radical (unpaired) electrons. The third kappa shape index (κ3) is 2.72. The van der Waals surface area contributed by atoms with E-state index < -0.39 is 0 Å². The lowest BCUT2D eigenvalue weighted by Gasteiger charge is -2.34. The van der Waals surface area contributed by atoms with Crippen LogP contribution in [-0.4, -0.2) is 29.2 Å². The van der Waals surface area contributed by atoms with E-state index in [1.807, 2.05) is 11.9 Å². The maximum Gasteiger partial charge on any atom is 0.222 e. The van der Waals surface area contributed by atoms with Gasteiger partial charge < -0.3 is 4.90 Å². The summed E-state index contributed by atoms with van der Waals surface area (Å²) in [7, 11) is 1.95. The van der Waals surface area contributed by atoms with E-state index in [1.54, 1.807) is 0 Å². The van der Waals surface area contributed by atoms with E-state index in [0.717, 1.165) is 24.8 Å². The molecule has 0 bridgehead atoms. The molecule has 0 atom stereocenters. The quantitative estimate of drug-likeness (QED) is 0.711. The molecule has 0 aromatic heterocycles. The van der Waals surface area contributed by atoms with E-state index in [9.17, 15) is 4.79 Å². The van der Waals surface area contributed by atoms with Crippen LogP contribution in [0, 0.1) is 11.8 Å². The van der Waals surface area contributed by atoms with Crippen molar-refractivity contribution in [2.45, 2.75) is 36.9 Å². The highest BCUT2D eigenvalue weighted by molar-refractivity contribution is 9.09. The van der Waals surface area contributed by atoms with Crippen molar-refractivity contribution in [2.75, 3.05) is 13.6 Å². The minimum absolute atomic E-state index is 0.352. The summed E-state index contributed by atoms with van der Waals surface area (Å²) in [6.45, 7) is 0.966. The van der Waals surface area contributed by atoms with Crippen molar-refractivity contribution >= 4 is 21.8 Å². The van der Waals surface area contributed by atoms with Gasteiger partial charge in [-0.15, -0.1) is 0 Å². The summed E-state index contributed by atoms with van der Waals surface area (Å²) >= 11 is 3.57. The standard InChI is InChI=1S/C11H18BrNO/c1-13(7-9-4-10(12)5-9)11(14)6-8-2-3-8/h8-10H,2-7H2,1H3. The van der Waals surface area contributed by atoms with Gasteiger partial charge in [-0.1, -0.05) is 15.9 Å². The molecule has 2 aliphatic rings. The lowest BCUT2D eigenvalue weighted by molar-refractivity contribution is -0.131. The number of hydrogen-bond acceptors (Lipinski definition) is 1. The SMILES string of the molecule is CN(CC1CC(Br)C1)C(=O)CC1CC1. The van der Waals surface area contributed by atoms with Crippen LogP contribution in [0.5, 0.6) is 0 Å². The summed E-state index contributed by atoms with van der Waals surface area (Å²) in [4.78, 5) is 14.3. The minimum atomic E-state index is 0.352. The van der Waals surface area contributed by atoms with Crippen LogP contribution in [0.1, 0.15) is 32.1 Å². The second kappa shape index (κ2) is 4.21. The first-order valence-corrected chi connectivity index (χ1v) is 6.44. The lowest BCUT2D eigenvalue weighted by Crippen LogP contribution is -2.37. The molecule has 3 heteroatoms. The van der Waals surface area contributed by atoms with Crippen molar-refractivity contribution in [3.8, 4) is 0 Å². The number of halogens is 1. The highest BCUT2D eigenvalue weighted by Gasteiger charge is 2.30. The van der Waals surface area contributed by atoms with Crippen molar-refractivity contribution in [3.63, 3.8) is 0 Å². The maximum atomic E-state index is 11.7. The highest BCUT2D eigenvalue weighted by Crippen LogP contribution is 2.35. The molecule has 0 heterocycles. The Morgan fingerprint density at radius 2 is 2.00 bits per heavy atom. The Kier molecular flexibility index (Phi) is 3.15. The maximum absolute atomic E-state index is 11.7. The number of hydrogen-bond donors (Lipinski definition) is 0. The molecular formula is C11H18BrNO. The number of amides is 1. The summed E-state index contributed by atoms with van der Waals surface area (Å²) in [6, 6.07) is 0. The fraction of sp³-hybridized carbons (Fsp3) is 0.909. The number of carbonyl (C=O) groups is 1. The fourth-order valence-electron chi connectivity index (χ4n) is 2.02. The first-order valence-electron chi connectivity index (χ1n) is 5.53. The third-order valence-corrected chi connectivity index (χ3v) is 4.04. The van der Waals surface area contributed by atoms with E-state index in [4.69, 9.17) is 0 Å². The van der Waals surface area contributed by atoms with E-state index in [2.05, 4.69) is 15.9 Å². The smallest absolute Gasteiger partial charge is 0.222 e. The van der Waals surface area contributed by atoms with Crippen LogP contribution in [0.2, 0.25) is 0 Å². The zero-order chi connectivity index (χ0) is 10.1. The molecule has 1 amide bonds. The Labute approximate surface area is 94.2 Å². The van der Waals surface area contributed by atoms with Crippen molar-refractivity contribution in [1.29, 1.82) is 0 Å². The molecular weight excluding hydrogens is 242 g/mol. The predicted octanol–water partition coefficient (Wildman–Crippen LogP) is 2.42. The average Bonchev–Trinajstić information content (AvgIpc) is 2.85. The van der Waals surface area contributed by atoms with Gasteiger partial charge in [-0.05, 0) is 37.5 Å². The van der Waals surface area contributed by atoms with Crippen molar-refractivity contribution in [1.82, 2.24) is 4.90 Å². The van der Waals surface area contributed by atoms with Gasteiger partial charge in [0.2, 0.25) is 5.91 Å².